The van der Waals surface area contributed by atoms with Crippen molar-refractivity contribution in [3.63, 3.8) is 0 Å². The van der Waals surface area contributed by atoms with E-state index in [1.807, 2.05) is 22.9 Å². The van der Waals surface area contributed by atoms with Crippen molar-refractivity contribution in [2.24, 2.45) is 0 Å². The SMILES string of the molecule is CCCn1ccnc1CC(=O)CCc1ccco1. The lowest BCUT2D eigenvalue weighted by atomic mass is 10.1. The van der Waals surface area contributed by atoms with Gasteiger partial charge in [0.25, 0.3) is 0 Å². The van der Waals surface area contributed by atoms with E-state index in [4.69, 9.17) is 4.42 Å². The number of hydrogen-bond acceptors (Lipinski definition) is 3. The zero-order valence-corrected chi connectivity index (χ0v) is 10.6. The second-order valence-corrected chi connectivity index (χ2v) is 4.33. The molecule has 0 fully saturated rings. The number of imidazole rings is 1. The van der Waals surface area contributed by atoms with E-state index in [0.29, 0.717) is 19.3 Å². The Bertz CT molecular complexity index is 486. The Balaban J connectivity index is 1.85. The van der Waals surface area contributed by atoms with Gasteiger partial charge in [0.15, 0.2) is 0 Å². The number of carbonyl (C=O) groups is 1. The van der Waals surface area contributed by atoms with E-state index in [1.54, 1.807) is 12.5 Å². The van der Waals surface area contributed by atoms with Crippen molar-refractivity contribution in [1.82, 2.24) is 9.55 Å². The van der Waals surface area contributed by atoms with Gasteiger partial charge in [-0.2, -0.15) is 0 Å². The first-order valence-corrected chi connectivity index (χ1v) is 6.33. The maximum absolute atomic E-state index is 11.9. The van der Waals surface area contributed by atoms with Crippen LogP contribution in [0, 0.1) is 0 Å². The quantitative estimate of drug-likeness (QED) is 0.754. The van der Waals surface area contributed by atoms with E-state index in [0.717, 1.165) is 24.6 Å². The van der Waals surface area contributed by atoms with Gasteiger partial charge < -0.3 is 8.98 Å². The van der Waals surface area contributed by atoms with Crippen LogP contribution in [-0.2, 0) is 24.2 Å². The molecule has 0 N–H and O–H groups in total. The standard InChI is InChI=1S/C14H18N2O2/c1-2-8-16-9-7-15-14(16)11-12(17)5-6-13-4-3-10-18-13/h3-4,7,9-10H,2,5-6,8,11H2,1H3. The molecular formula is C14H18N2O2. The third-order valence-corrected chi connectivity index (χ3v) is 2.85. The summed E-state index contributed by atoms with van der Waals surface area (Å²) >= 11 is 0. The molecule has 0 atom stereocenters. The highest BCUT2D eigenvalue weighted by atomic mass is 16.3. The van der Waals surface area contributed by atoms with Crippen LogP contribution in [0.2, 0.25) is 0 Å². The van der Waals surface area contributed by atoms with E-state index in [9.17, 15) is 4.79 Å². The van der Waals surface area contributed by atoms with E-state index in [1.165, 1.54) is 0 Å². The van der Waals surface area contributed by atoms with Gasteiger partial charge in [-0.1, -0.05) is 6.92 Å². The zero-order chi connectivity index (χ0) is 12.8. The minimum absolute atomic E-state index is 0.204. The van der Waals surface area contributed by atoms with Gasteiger partial charge in [0.2, 0.25) is 0 Å². The molecule has 0 aliphatic rings. The van der Waals surface area contributed by atoms with E-state index in [2.05, 4.69) is 11.9 Å². The Morgan fingerprint density at radius 3 is 3.11 bits per heavy atom. The van der Waals surface area contributed by atoms with Crippen molar-refractivity contribution < 1.29 is 9.21 Å². The Kier molecular flexibility index (Phi) is 4.34. The predicted molar refractivity (Wildman–Crippen MR) is 68.3 cm³/mol. The van der Waals surface area contributed by atoms with Crippen molar-refractivity contribution in [2.75, 3.05) is 0 Å². The summed E-state index contributed by atoms with van der Waals surface area (Å²) < 4.78 is 7.25. The van der Waals surface area contributed by atoms with E-state index >= 15 is 0 Å². The first-order valence-electron chi connectivity index (χ1n) is 6.33. The number of aromatic nitrogens is 2. The maximum Gasteiger partial charge on any atom is 0.140 e. The van der Waals surface area contributed by atoms with Gasteiger partial charge in [-0.25, -0.2) is 4.98 Å². The van der Waals surface area contributed by atoms with Crippen LogP contribution in [0.25, 0.3) is 0 Å². The molecule has 0 bridgehead atoms. The summed E-state index contributed by atoms with van der Waals surface area (Å²) in [6.45, 7) is 3.03. The van der Waals surface area contributed by atoms with Gasteiger partial charge in [-0.05, 0) is 18.6 Å². The Hall–Kier alpha value is -1.84. The van der Waals surface area contributed by atoms with Gasteiger partial charge in [0.1, 0.15) is 17.4 Å². The number of aryl methyl sites for hydroxylation is 2. The van der Waals surface area contributed by atoms with Gasteiger partial charge in [0, 0.05) is 31.8 Å². The molecule has 0 saturated carbocycles. The first kappa shape index (κ1) is 12.6. The third-order valence-electron chi connectivity index (χ3n) is 2.85. The molecule has 0 amide bonds. The molecule has 2 heterocycles. The summed E-state index contributed by atoms with van der Waals surface area (Å²) in [5.74, 6) is 1.93. The lowest BCUT2D eigenvalue weighted by Crippen LogP contribution is -2.10. The number of ketones is 1. The number of hydrogen-bond donors (Lipinski definition) is 0. The van der Waals surface area contributed by atoms with Crippen molar-refractivity contribution in [2.45, 2.75) is 39.2 Å². The van der Waals surface area contributed by atoms with Gasteiger partial charge >= 0.3 is 0 Å². The molecule has 0 spiro atoms. The molecule has 96 valence electrons. The zero-order valence-electron chi connectivity index (χ0n) is 10.6. The largest absolute Gasteiger partial charge is 0.469 e. The van der Waals surface area contributed by atoms with Crippen LogP contribution in [-0.4, -0.2) is 15.3 Å². The number of nitrogens with zero attached hydrogens (tertiary/aromatic N) is 2. The average Bonchev–Trinajstić information content (AvgIpc) is 2.99. The number of rotatable bonds is 7. The molecular weight excluding hydrogens is 228 g/mol. The second kappa shape index (κ2) is 6.19. The Morgan fingerprint density at radius 1 is 1.50 bits per heavy atom. The number of furan rings is 1. The van der Waals surface area contributed by atoms with Gasteiger partial charge in [-0.3, -0.25) is 4.79 Å². The van der Waals surface area contributed by atoms with Crippen molar-refractivity contribution in [1.29, 1.82) is 0 Å². The minimum Gasteiger partial charge on any atom is -0.469 e. The monoisotopic (exact) mass is 246 g/mol. The maximum atomic E-state index is 11.9. The minimum atomic E-state index is 0.204. The summed E-state index contributed by atoms with van der Waals surface area (Å²) in [5.41, 5.74) is 0. The predicted octanol–water partition coefficient (Wildman–Crippen LogP) is 2.63. The molecule has 4 nitrogen and oxygen atoms in total. The van der Waals surface area contributed by atoms with Crippen molar-refractivity contribution in [3.8, 4) is 0 Å². The molecule has 18 heavy (non-hydrogen) atoms. The van der Waals surface area contributed by atoms with Crippen molar-refractivity contribution in [3.05, 3.63) is 42.4 Å². The van der Waals surface area contributed by atoms with Crippen LogP contribution >= 0.6 is 0 Å². The molecule has 2 rings (SSSR count). The smallest absolute Gasteiger partial charge is 0.140 e. The Labute approximate surface area is 107 Å². The molecule has 0 aromatic carbocycles. The Morgan fingerprint density at radius 2 is 2.39 bits per heavy atom. The van der Waals surface area contributed by atoms with Crippen LogP contribution < -0.4 is 0 Å². The first-order chi connectivity index (χ1) is 8.79. The number of Topliss-reactive ketones (excluding diaryl/α,β-unsaturated/α-hetero) is 1. The van der Waals surface area contributed by atoms with Crippen molar-refractivity contribution >= 4 is 5.78 Å². The van der Waals surface area contributed by atoms with E-state index in [-0.39, 0.29) is 5.78 Å². The van der Waals surface area contributed by atoms with Crippen LogP contribution in [0.5, 0.6) is 0 Å². The summed E-state index contributed by atoms with van der Waals surface area (Å²) in [6.07, 6.45) is 7.95. The fourth-order valence-corrected chi connectivity index (χ4v) is 1.93. The van der Waals surface area contributed by atoms with Crippen LogP contribution in [0.3, 0.4) is 0 Å². The van der Waals surface area contributed by atoms with Gasteiger partial charge in [-0.15, -0.1) is 0 Å². The second-order valence-electron chi connectivity index (χ2n) is 4.33. The fourth-order valence-electron chi connectivity index (χ4n) is 1.93. The van der Waals surface area contributed by atoms with E-state index < -0.39 is 0 Å². The normalized spacial score (nSPS) is 10.7. The highest BCUT2D eigenvalue weighted by Gasteiger charge is 2.09. The molecule has 0 unspecified atom stereocenters. The summed E-state index contributed by atoms with van der Waals surface area (Å²) in [7, 11) is 0. The van der Waals surface area contributed by atoms with Crippen LogP contribution in [0.15, 0.2) is 35.2 Å². The number of carbonyl (C=O) groups excluding carboxylic acids is 1. The highest BCUT2D eigenvalue weighted by molar-refractivity contribution is 5.80. The molecule has 2 aromatic heterocycles. The summed E-state index contributed by atoms with van der Waals surface area (Å²) in [4.78, 5) is 16.1. The van der Waals surface area contributed by atoms with Crippen LogP contribution in [0.4, 0.5) is 0 Å². The lowest BCUT2D eigenvalue weighted by molar-refractivity contribution is -0.118. The molecule has 0 aliphatic carbocycles. The molecule has 2 aromatic rings. The summed E-state index contributed by atoms with van der Waals surface area (Å²) in [6, 6.07) is 3.74. The molecule has 0 aliphatic heterocycles. The average molecular weight is 246 g/mol. The van der Waals surface area contributed by atoms with Gasteiger partial charge in [0.05, 0.1) is 12.7 Å². The fraction of sp³-hybridized carbons (Fsp3) is 0.429. The summed E-state index contributed by atoms with van der Waals surface area (Å²) in [5, 5.41) is 0. The molecule has 0 radical (unpaired) electrons. The topological polar surface area (TPSA) is 48.0 Å². The molecule has 0 saturated heterocycles. The van der Waals surface area contributed by atoms with Crippen LogP contribution in [0.1, 0.15) is 31.4 Å². The lowest BCUT2D eigenvalue weighted by Gasteiger charge is -2.05. The third kappa shape index (κ3) is 3.32. The molecule has 4 heteroatoms. The highest BCUT2D eigenvalue weighted by Crippen LogP contribution is 2.07.